The van der Waals surface area contributed by atoms with E-state index in [9.17, 15) is 14.0 Å². The highest BCUT2D eigenvalue weighted by molar-refractivity contribution is 7.13. The van der Waals surface area contributed by atoms with Gasteiger partial charge in [-0.1, -0.05) is 29.8 Å². The van der Waals surface area contributed by atoms with Gasteiger partial charge in [-0.3, -0.25) is 9.59 Å². The summed E-state index contributed by atoms with van der Waals surface area (Å²) in [5.41, 5.74) is 3.44. The van der Waals surface area contributed by atoms with Gasteiger partial charge < -0.3 is 9.80 Å². The van der Waals surface area contributed by atoms with Gasteiger partial charge in [-0.05, 0) is 32.0 Å². The standard InChI is InChI=1S/C23H22FN3O2S/c1-15-3-5-17(6-4-15)22-25-20(14-30-22)23(29)27-11-9-26(10-12-27)21-8-7-18(16(2)28)13-19(21)24/h3-8,13-14H,9-12H2,1-2H3. The molecule has 1 saturated heterocycles. The van der Waals surface area contributed by atoms with Crippen LogP contribution in [0.2, 0.25) is 0 Å². The highest BCUT2D eigenvalue weighted by Crippen LogP contribution is 2.26. The summed E-state index contributed by atoms with van der Waals surface area (Å²) < 4.78 is 14.4. The maximum atomic E-state index is 14.4. The number of anilines is 1. The van der Waals surface area contributed by atoms with Crippen LogP contribution in [0.1, 0.15) is 33.3 Å². The molecule has 4 rings (SSSR count). The van der Waals surface area contributed by atoms with Gasteiger partial charge in [0.15, 0.2) is 5.78 Å². The molecule has 1 amide bonds. The van der Waals surface area contributed by atoms with Crippen LogP contribution in [0.25, 0.3) is 10.6 Å². The van der Waals surface area contributed by atoms with Crippen LogP contribution in [0.15, 0.2) is 47.8 Å². The van der Waals surface area contributed by atoms with Crippen molar-refractivity contribution in [3.05, 3.63) is 70.5 Å². The fraction of sp³-hybridized carbons (Fsp3) is 0.261. The molecule has 30 heavy (non-hydrogen) atoms. The average Bonchev–Trinajstić information content (AvgIpc) is 3.24. The summed E-state index contributed by atoms with van der Waals surface area (Å²) in [7, 11) is 0. The number of nitrogens with zero attached hydrogens (tertiary/aromatic N) is 3. The molecule has 7 heteroatoms. The molecule has 2 aromatic carbocycles. The summed E-state index contributed by atoms with van der Waals surface area (Å²) in [6.07, 6.45) is 0. The molecule has 0 atom stereocenters. The molecule has 5 nitrogen and oxygen atoms in total. The Morgan fingerprint density at radius 2 is 1.73 bits per heavy atom. The lowest BCUT2D eigenvalue weighted by atomic mass is 10.1. The van der Waals surface area contributed by atoms with E-state index in [1.807, 2.05) is 36.1 Å². The van der Waals surface area contributed by atoms with Gasteiger partial charge in [0, 0.05) is 42.7 Å². The van der Waals surface area contributed by atoms with Gasteiger partial charge in [-0.2, -0.15) is 0 Å². The number of Topliss-reactive ketones (excluding diaryl/α,β-unsaturated/α-hetero) is 1. The van der Waals surface area contributed by atoms with Gasteiger partial charge in [0.25, 0.3) is 5.91 Å². The molecule has 154 valence electrons. The number of rotatable bonds is 4. The predicted molar refractivity (Wildman–Crippen MR) is 117 cm³/mol. The van der Waals surface area contributed by atoms with Crippen molar-refractivity contribution in [3.63, 3.8) is 0 Å². The molecule has 2 heterocycles. The number of aromatic nitrogens is 1. The number of halogens is 1. The lowest BCUT2D eigenvalue weighted by Gasteiger charge is -2.36. The Hall–Kier alpha value is -3.06. The molecule has 0 spiro atoms. The quantitative estimate of drug-likeness (QED) is 0.583. The monoisotopic (exact) mass is 423 g/mol. The second kappa shape index (κ2) is 8.36. The van der Waals surface area contributed by atoms with Crippen molar-refractivity contribution in [1.29, 1.82) is 0 Å². The number of amides is 1. The lowest BCUT2D eigenvalue weighted by Crippen LogP contribution is -2.49. The summed E-state index contributed by atoms with van der Waals surface area (Å²) in [4.78, 5) is 32.5. The molecular weight excluding hydrogens is 401 g/mol. The Bertz CT molecular complexity index is 1090. The first kappa shape index (κ1) is 20.2. The molecule has 0 saturated carbocycles. The topological polar surface area (TPSA) is 53.5 Å². The number of aryl methyl sites for hydroxylation is 1. The number of thiazole rings is 1. The zero-order valence-corrected chi connectivity index (χ0v) is 17.7. The van der Waals surface area contributed by atoms with E-state index >= 15 is 0 Å². The molecule has 0 N–H and O–H groups in total. The summed E-state index contributed by atoms with van der Waals surface area (Å²) in [6, 6.07) is 12.6. The highest BCUT2D eigenvalue weighted by atomic mass is 32.1. The van der Waals surface area contributed by atoms with E-state index in [0.29, 0.717) is 43.1 Å². The first-order valence-electron chi connectivity index (χ1n) is 9.79. The molecule has 0 bridgehead atoms. The minimum Gasteiger partial charge on any atom is -0.366 e. The molecular formula is C23H22FN3O2S. The van der Waals surface area contributed by atoms with Crippen molar-refractivity contribution in [3.8, 4) is 10.6 Å². The number of carbonyl (C=O) groups excluding carboxylic acids is 2. The summed E-state index contributed by atoms with van der Waals surface area (Å²) in [5, 5.41) is 2.62. The fourth-order valence-electron chi connectivity index (χ4n) is 3.50. The van der Waals surface area contributed by atoms with Crippen molar-refractivity contribution in [2.75, 3.05) is 31.1 Å². The fourth-order valence-corrected chi connectivity index (χ4v) is 4.30. The lowest BCUT2D eigenvalue weighted by molar-refractivity contribution is 0.0741. The van der Waals surface area contributed by atoms with Crippen LogP contribution in [0, 0.1) is 12.7 Å². The highest BCUT2D eigenvalue weighted by Gasteiger charge is 2.25. The Morgan fingerprint density at radius 1 is 1.03 bits per heavy atom. The van der Waals surface area contributed by atoms with Crippen molar-refractivity contribution in [1.82, 2.24) is 9.88 Å². The SMILES string of the molecule is CC(=O)c1ccc(N2CCN(C(=O)c3csc(-c4ccc(C)cc4)n3)CC2)c(F)c1. The summed E-state index contributed by atoms with van der Waals surface area (Å²) in [6.45, 7) is 5.48. The predicted octanol–water partition coefficient (Wildman–Crippen LogP) is 4.42. The number of carbonyl (C=O) groups is 2. The van der Waals surface area contributed by atoms with Gasteiger partial charge in [0.05, 0.1) is 5.69 Å². The third kappa shape index (κ3) is 4.11. The zero-order chi connectivity index (χ0) is 21.3. The van der Waals surface area contributed by atoms with E-state index in [2.05, 4.69) is 4.98 Å². The Labute approximate surface area is 178 Å². The minimum atomic E-state index is -0.412. The van der Waals surface area contributed by atoms with Crippen LogP contribution in [-0.4, -0.2) is 47.8 Å². The Kier molecular flexibility index (Phi) is 5.63. The van der Waals surface area contributed by atoms with Crippen LogP contribution in [0.3, 0.4) is 0 Å². The molecule has 3 aromatic rings. The van der Waals surface area contributed by atoms with E-state index in [1.165, 1.54) is 29.9 Å². The van der Waals surface area contributed by atoms with E-state index in [4.69, 9.17) is 0 Å². The molecule has 1 aromatic heterocycles. The van der Waals surface area contributed by atoms with Crippen molar-refractivity contribution in [2.45, 2.75) is 13.8 Å². The molecule has 0 unspecified atom stereocenters. The van der Waals surface area contributed by atoms with Crippen LogP contribution in [0.5, 0.6) is 0 Å². The third-order valence-electron chi connectivity index (χ3n) is 5.28. The average molecular weight is 424 g/mol. The van der Waals surface area contributed by atoms with Gasteiger partial charge in [-0.25, -0.2) is 9.37 Å². The van der Waals surface area contributed by atoms with Crippen molar-refractivity contribution in [2.24, 2.45) is 0 Å². The van der Waals surface area contributed by atoms with Gasteiger partial charge >= 0.3 is 0 Å². The van der Waals surface area contributed by atoms with E-state index in [1.54, 1.807) is 22.4 Å². The number of benzene rings is 2. The summed E-state index contributed by atoms with van der Waals surface area (Å²) >= 11 is 1.46. The zero-order valence-electron chi connectivity index (χ0n) is 16.9. The van der Waals surface area contributed by atoms with E-state index in [0.717, 1.165) is 10.6 Å². The van der Waals surface area contributed by atoms with Crippen LogP contribution >= 0.6 is 11.3 Å². The van der Waals surface area contributed by atoms with E-state index < -0.39 is 5.82 Å². The first-order valence-corrected chi connectivity index (χ1v) is 10.7. The van der Waals surface area contributed by atoms with E-state index in [-0.39, 0.29) is 11.7 Å². The van der Waals surface area contributed by atoms with Crippen LogP contribution in [0.4, 0.5) is 10.1 Å². The summed E-state index contributed by atoms with van der Waals surface area (Å²) in [5.74, 6) is -0.675. The molecule has 0 aliphatic carbocycles. The third-order valence-corrected chi connectivity index (χ3v) is 6.17. The number of ketones is 1. The second-order valence-corrected chi connectivity index (χ2v) is 8.26. The smallest absolute Gasteiger partial charge is 0.273 e. The Morgan fingerprint density at radius 3 is 2.37 bits per heavy atom. The normalized spacial score (nSPS) is 14.1. The maximum absolute atomic E-state index is 14.4. The number of hydrogen-bond donors (Lipinski definition) is 0. The molecule has 1 aliphatic rings. The molecule has 1 aliphatic heterocycles. The second-order valence-electron chi connectivity index (χ2n) is 7.41. The molecule has 1 fully saturated rings. The van der Waals surface area contributed by atoms with Crippen LogP contribution < -0.4 is 4.90 Å². The van der Waals surface area contributed by atoms with Crippen LogP contribution in [-0.2, 0) is 0 Å². The van der Waals surface area contributed by atoms with Gasteiger partial charge in [-0.15, -0.1) is 11.3 Å². The maximum Gasteiger partial charge on any atom is 0.273 e. The van der Waals surface area contributed by atoms with Gasteiger partial charge in [0.2, 0.25) is 0 Å². The first-order chi connectivity index (χ1) is 14.4. The largest absolute Gasteiger partial charge is 0.366 e. The van der Waals surface area contributed by atoms with Crippen molar-refractivity contribution >= 4 is 28.7 Å². The van der Waals surface area contributed by atoms with Crippen molar-refractivity contribution < 1.29 is 14.0 Å². The minimum absolute atomic E-state index is 0.100. The number of piperazine rings is 1. The number of hydrogen-bond acceptors (Lipinski definition) is 5. The van der Waals surface area contributed by atoms with Gasteiger partial charge in [0.1, 0.15) is 16.5 Å². The Balaban J connectivity index is 1.41. The molecule has 0 radical (unpaired) electrons.